The summed E-state index contributed by atoms with van der Waals surface area (Å²) in [4.78, 5) is 14.8. The number of nitrogens with one attached hydrogen (secondary N) is 1. The summed E-state index contributed by atoms with van der Waals surface area (Å²) < 4.78 is 0. The fraction of sp³-hybridized carbons (Fsp3) is 0. The minimum absolute atomic E-state index is 0.689. The standard InChI is InChI=1S/C14H10N2OS/c17-9-16-14-6-12(8-18-14)11-5-10-3-1-2-4-13(10)15-7-11/h1-9H,(H,16,17). The molecular weight excluding hydrogens is 244 g/mol. The average molecular weight is 254 g/mol. The molecule has 2 aromatic heterocycles. The Morgan fingerprint density at radius 2 is 2.06 bits per heavy atom. The number of anilines is 1. The van der Waals surface area contributed by atoms with Gasteiger partial charge in [0.25, 0.3) is 0 Å². The molecular formula is C14H10N2OS. The number of rotatable bonds is 3. The highest BCUT2D eigenvalue weighted by Gasteiger charge is 2.03. The predicted molar refractivity (Wildman–Crippen MR) is 74.7 cm³/mol. The molecule has 3 rings (SSSR count). The topological polar surface area (TPSA) is 42.0 Å². The van der Waals surface area contributed by atoms with Crippen molar-refractivity contribution < 1.29 is 4.79 Å². The van der Waals surface area contributed by atoms with E-state index in [0.717, 1.165) is 27.0 Å². The van der Waals surface area contributed by atoms with E-state index in [1.54, 1.807) is 0 Å². The molecule has 0 radical (unpaired) electrons. The zero-order chi connectivity index (χ0) is 12.4. The van der Waals surface area contributed by atoms with Crippen LogP contribution in [-0.4, -0.2) is 11.4 Å². The fourth-order valence-electron chi connectivity index (χ4n) is 1.85. The van der Waals surface area contributed by atoms with Crippen molar-refractivity contribution in [3.05, 3.63) is 48.0 Å². The van der Waals surface area contributed by atoms with Crippen molar-refractivity contribution in [2.24, 2.45) is 0 Å². The molecule has 18 heavy (non-hydrogen) atoms. The molecule has 1 amide bonds. The largest absolute Gasteiger partial charge is 0.320 e. The van der Waals surface area contributed by atoms with Crippen LogP contribution in [-0.2, 0) is 4.79 Å². The number of fused-ring (bicyclic) bond motifs is 1. The molecule has 0 atom stereocenters. The maximum Gasteiger partial charge on any atom is 0.212 e. The summed E-state index contributed by atoms with van der Waals surface area (Å²) in [5, 5.41) is 6.62. The number of carbonyl (C=O) groups is 1. The van der Waals surface area contributed by atoms with E-state index >= 15 is 0 Å². The number of hydrogen-bond donors (Lipinski definition) is 1. The molecule has 0 spiro atoms. The van der Waals surface area contributed by atoms with Gasteiger partial charge in [-0.1, -0.05) is 18.2 Å². The summed E-state index contributed by atoms with van der Waals surface area (Å²) in [5.74, 6) is 0. The number of pyridine rings is 1. The van der Waals surface area contributed by atoms with E-state index < -0.39 is 0 Å². The van der Waals surface area contributed by atoms with Crippen molar-refractivity contribution in [2.75, 3.05) is 5.32 Å². The van der Waals surface area contributed by atoms with Gasteiger partial charge in [-0.3, -0.25) is 9.78 Å². The number of thiophene rings is 1. The molecule has 1 aromatic carbocycles. The highest BCUT2D eigenvalue weighted by Crippen LogP contribution is 2.29. The van der Waals surface area contributed by atoms with Crippen LogP contribution in [0.5, 0.6) is 0 Å². The third-order valence-electron chi connectivity index (χ3n) is 2.72. The fourth-order valence-corrected chi connectivity index (χ4v) is 2.62. The lowest BCUT2D eigenvalue weighted by atomic mass is 10.1. The Bertz CT molecular complexity index is 706. The third-order valence-corrected chi connectivity index (χ3v) is 3.59. The minimum Gasteiger partial charge on any atom is -0.320 e. The molecule has 4 heteroatoms. The van der Waals surface area contributed by atoms with Gasteiger partial charge >= 0.3 is 0 Å². The number of carbonyl (C=O) groups excluding carboxylic acids is 1. The highest BCUT2D eigenvalue weighted by atomic mass is 32.1. The van der Waals surface area contributed by atoms with Crippen molar-refractivity contribution >= 4 is 33.7 Å². The molecule has 1 N–H and O–H groups in total. The molecule has 2 heterocycles. The van der Waals surface area contributed by atoms with E-state index in [0.29, 0.717) is 6.41 Å². The third kappa shape index (κ3) is 1.98. The number of benzene rings is 1. The molecule has 0 bridgehead atoms. The van der Waals surface area contributed by atoms with E-state index in [1.807, 2.05) is 41.9 Å². The maximum atomic E-state index is 10.4. The normalized spacial score (nSPS) is 10.4. The number of hydrogen-bond acceptors (Lipinski definition) is 3. The first-order valence-electron chi connectivity index (χ1n) is 5.51. The molecule has 0 aliphatic rings. The molecule has 0 saturated carbocycles. The Labute approximate surface area is 108 Å². The van der Waals surface area contributed by atoms with E-state index in [9.17, 15) is 4.79 Å². The molecule has 3 aromatic rings. The second-order valence-electron chi connectivity index (χ2n) is 3.88. The first-order chi connectivity index (χ1) is 8.86. The van der Waals surface area contributed by atoms with Gasteiger partial charge in [-0.25, -0.2) is 0 Å². The summed E-state index contributed by atoms with van der Waals surface area (Å²) >= 11 is 1.50. The Morgan fingerprint density at radius 1 is 1.17 bits per heavy atom. The Hall–Kier alpha value is -2.20. The molecule has 0 unspecified atom stereocenters. The highest BCUT2D eigenvalue weighted by molar-refractivity contribution is 7.14. The predicted octanol–water partition coefficient (Wildman–Crippen LogP) is 3.53. The van der Waals surface area contributed by atoms with Crippen LogP contribution in [0.2, 0.25) is 0 Å². The molecule has 0 aliphatic carbocycles. The van der Waals surface area contributed by atoms with Crippen LogP contribution in [0.25, 0.3) is 22.0 Å². The average Bonchev–Trinajstić information content (AvgIpc) is 2.87. The van der Waals surface area contributed by atoms with Crippen LogP contribution in [0, 0.1) is 0 Å². The molecule has 0 aliphatic heterocycles. The first kappa shape index (κ1) is 10.9. The van der Waals surface area contributed by atoms with Gasteiger partial charge in [-0.05, 0) is 23.8 Å². The smallest absolute Gasteiger partial charge is 0.212 e. The Balaban J connectivity index is 2.04. The zero-order valence-corrected chi connectivity index (χ0v) is 10.3. The van der Waals surface area contributed by atoms with E-state index in [-0.39, 0.29) is 0 Å². The van der Waals surface area contributed by atoms with Crippen LogP contribution in [0.4, 0.5) is 5.00 Å². The van der Waals surface area contributed by atoms with Gasteiger partial charge in [0.1, 0.15) is 0 Å². The van der Waals surface area contributed by atoms with Gasteiger partial charge in [0, 0.05) is 22.5 Å². The summed E-state index contributed by atoms with van der Waals surface area (Å²) in [6.45, 7) is 0. The van der Waals surface area contributed by atoms with Gasteiger partial charge in [-0.15, -0.1) is 11.3 Å². The number of aromatic nitrogens is 1. The maximum absolute atomic E-state index is 10.4. The summed E-state index contributed by atoms with van der Waals surface area (Å²) in [6.07, 6.45) is 2.54. The van der Waals surface area contributed by atoms with Gasteiger partial charge in [0.05, 0.1) is 10.5 Å². The van der Waals surface area contributed by atoms with Gasteiger partial charge in [0.15, 0.2) is 0 Å². The number of amides is 1. The Kier molecular flexibility index (Phi) is 2.78. The summed E-state index contributed by atoms with van der Waals surface area (Å²) in [7, 11) is 0. The molecule has 3 nitrogen and oxygen atoms in total. The van der Waals surface area contributed by atoms with Crippen molar-refractivity contribution in [3.63, 3.8) is 0 Å². The van der Waals surface area contributed by atoms with Crippen molar-refractivity contribution in [1.29, 1.82) is 0 Å². The lowest BCUT2D eigenvalue weighted by Crippen LogP contribution is -1.88. The second-order valence-corrected chi connectivity index (χ2v) is 4.79. The van der Waals surface area contributed by atoms with Crippen LogP contribution < -0.4 is 5.32 Å². The lowest BCUT2D eigenvalue weighted by molar-refractivity contribution is -0.105. The van der Waals surface area contributed by atoms with Crippen molar-refractivity contribution in [2.45, 2.75) is 0 Å². The van der Waals surface area contributed by atoms with Crippen molar-refractivity contribution in [1.82, 2.24) is 4.98 Å². The van der Waals surface area contributed by atoms with Gasteiger partial charge in [0.2, 0.25) is 6.41 Å². The van der Waals surface area contributed by atoms with Crippen LogP contribution >= 0.6 is 11.3 Å². The SMILES string of the molecule is O=CNc1cc(-c2cnc3ccccc3c2)cs1. The number of para-hydroxylation sites is 1. The summed E-state index contributed by atoms with van der Waals surface area (Å²) in [5.41, 5.74) is 3.12. The zero-order valence-electron chi connectivity index (χ0n) is 9.46. The Morgan fingerprint density at radius 3 is 2.94 bits per heavy atom. The molecule has 88 valence electrons. The summed E-state index contributed by atoms with van der Waals surface area (Å²) in [6, 6.07) is 12.1. The second kappa shape index (κ2) is 4.58. The van der Waals surface area contributed by atoms with Gasteiger partial charge < -0.3 is 5.32 Å². The molecule has 0 saturated heterocycles. The van der Waals surface area contributed by atoms with E-state index in [4.69, 9.17) is 0 Å². The van der Waals surface area contributed by atoms with Crippen molar-refractivity contribution in [3.8, 4) is 11.1 Å². The van der Waals surface area contributed by atoms with Crippen LogP contribution in [0.1, 0.15) is 0 Å². The van der Waals surface area contributed by atoms with Gasteiger partial charge in [-0.2, -0.15) is 0 Å². The quantitative estimate of drug-likeness (QED) is 0.726. The van der Waals surface area contributed by atoms with E-state index in [1.165, 1.54) is 11.3 Å². The van der Waals surface area contributed by atoms with E-state index in [2.05, 4.69) is 16.4 Å². The first-order valence-corrected chi connectivity index (χ1v) is 6.39. The van der Waals surface area contributed by atoms with Crippen LogP contribution in [0.3, 0.4) is 0 Å². The minimum atomic E-state index is 0.689. The van der Waals surface area contributed by atoms with Crippen LogP contribution in [0.15, 0.2) is 48.0 Å². The molecule has 0 fully saturated rings. The monoisotopic (exact) mass is 254 g/mol. The number of nitrogens with zero attached hydrogens (tertiary/aromatic N) is 1. The lowest BCUT2D eigenvalue weighted by Gasteiger charge is -2.00.